The summed E-state index contributed by atoms with van der Waals surface area (Å²) in [5.41, 5.74) is 1.000. The Kier molecular flexibility index (Phi) is 5.72. The van der Waals surface area contributed by atoms with E-state index in [1.807, 2.05) is 6.92 Å². The van der Waals surface area contributed by atoms with Gasteiger partial charge < -0.3 is 20.1 Å². The number of carbonyl (C=O) groups excluding carboxylic acids is 3. The number of anilines is 2. The number of benzene rings is 1. The Balaban J connectivity index is 1.75. The highest BCUT2D eigenvalue weighted by Crippen LogP contribution is 2.34. The SMILES string of the molecule is CCCNC(=O)CN1C(=O)COc2ccc(NC(=O)C3CCCO3)cc21. The van der Waals surface area contributed by atoms with Crippen molar-refractivity contribution in [2.45, 2.75) is 32.3 Å². The smallest absolute Gasteiger partial charge is 0.265 e. The minimum absolute atomic E-state index is 0.0850. The Morgan fingerprint density at radius 1 is 1.35 bits per heavy atom. The van der Waals surface area contributed by atoms with E-state index in [0.29, 0.717) is 36.7 Å². The van der Waals surface area contributed by atoms with E-state index in [1.54, 1.807) is 18.2 Å². The van der Waals surface area contributed by atoms with E-state index in [4.69, 9.17) is 9.47 Å². The third-order valence-corrected chi connectivity index (χ3v) is 4.27. The molecule has 0 aromatic heterocycles. The summed E-state index contributed by atoms with van der Waals surface area (Å²) in [5.74, 6) is -0.241. The lowest BCUT2D eigenvalue weighted by Crippen LogP contribution is -2.45. The predicted molar refractivity (Wildman–Crippen MR) is 95.2 cm³/mol. The van der Waals surface area contributed by atoms with Gasteiger partial charge in [0.1, 0.15) is 18.4 Å². The summed E-state index contributed by atoms with van der Waals surface area (Å²) in [5, 5.41) is 5.55. The molecule has 1 fully saturated rings. The molecule has 1 saturated heterocycles. The number of nitrogens with one attached hydrogen (secondary N) is 2. The molecule has 0 aliphatic carbocycles. The van der Waals surface area contributed by atoms with E-state index < -0.39 is 6.10 Å². The standard InChI is InChI=1S/C18H23N3O5/c1-2-7-19-16(22)10-21-13-9-12(5-6-14(13)26-11-17(21)23)20-18(24)15-4-3-8-25-15/h5-6,9,15H,2-4,7-8,10-11H2,1H3,(H,19,22)(H,20,24). The number of nitrogens with zero attached hydrogens (tertiary/aromatic N) is 1. The minimum Gasteiger partial charge on any atom is -0.482 e. The van der Waals surface area contributed by atoms with Crippen molar-refractivity contribution in [2.24, 2.45) is 0 Å². The first-order valence-corrected chi connectivity index (χ1v) is 8.85. The monoisotopic (exact) mass is 361 g/mol. The second kappa shape index (κ2) is 8.18. The maximum absolute atomic E-state index is 12.2. The molecule has 0 radical (unpaired) electrons. The van der Waals surface area contributed by atoms with Gasteiger partial charge in [-0.2, -0.15) is 0 Å². The molecule has 1 atom stereocenters. The molecule has 1 aromatic rings. The van der Waals surface area contributed by atoms with Gasteiger partial charge in [-0.15, -0.1) is 0 Å². The fourth-order valence-electron chi connectivity index (χ4n) is 2.92. The number of amides is 3. The number of fused-ring (bicyclic) bond motifs is 1. The zero-order valence-corrected chi connectivity index (χ0v) is 14.7. The number of ether oxygens (including phenoxy) is 2. The molecular weight excluding hydrogens is 338 g/mol. The summed E-state index contributed by atoms with van der Waals surface area (Å²) in [7, 11) is 0. The molecule has 8 heteroatoms. The van der Waals surface area contributed by atoms with Crippen LogP contribution < -0.4 is 20.3 Å². The Hall–Kier alpha value is -2.61. The third kappa shape index (κ3) is 4.13. The lowest BCUT2D eigenvalue weighted by molar-refractivity contribution is -0.125. The van der Waals surface area contributed by atoms with Crippen LogP contribution in [-0.2, 0) is 19.1 Å². The Labute approximate surface area is 151 Å². The van der Waals surface area contributed by atoms with Gasteiger partial charge in [-0.3, -0.25) is 19.3 Å². The van der Waals surface area contributed by atoms with Crippen LogP contribution in [0.25, 0.3) is 0 Å². The van der Waals surface area contributed by atoms with Gasteiger partial charge in [0.2, 0.25) is 5.91 Å². The normalized spacial score (nSPS) is 18.9. The van der Waals surface area contributed by atoms with Gasteiger partial charge in [-0.25, -0.2) is 0 Å². The number of carbonyl (C=O) groups is 3. The summed E-state index contributed by atoms with van der Waals surface area (Å²) < 4.78 is 10.8. The van der Waals surface area contributed by atoms with Crippen molar-refractivity contribution in [2.75, 3.05) is 36.5 Å². The number of hydrogen-bond donors (Lipinski definition) is 2. The topological polar surface area (TPSA) is 97.0 Å². The summed E-state index contributed by atoms with van der Waals surface area (Å²) in [6, 6.07) is 5.03. The molecule has 140 valence electrons. The molecule has 2 aliphatic rings. The van der Waals surface area contributed by atoms with E-state index in [1.165, 1.54) is 4.90 Å². The van der Waals surface area contributed by atoms with Gasteiger partial charge in [0.05, 0.1) is 5.69 Å². The molecule has 0 bridgehead atoms. The van der Waals surface area contributed by atoms with Crippen LogP contribution in [0, 0.1) is 0 Å². The van der Waals surface area contributed by atoms with Gasteiger partial charge in [0, 0.05) is 18.8 Å². The summed E-state index contributed by atoms with van der Waals surface area (Å²) in [4.78, 5) is 37.8. The number of rotatable bonds is 6. The summed E-state index contributed by atoms with van der Waals surface area (Å²) in [6.45, 7) is 2.90. The van der Waals surface area contributed by atoms with Crippen molar-refractivity contribution < 1.29 is 23.9 Å². The molecule has 0 spiro atoms. The van der Waals surface area contributed by atoms with Crippen LogP contribution in [0.15, 0.2) is 18.2 Å². The lowest BCUT2D eigenvalue weighted by atomic mass is 10.2. The van der Waals surface area contributed by atoms with E-state index in [9.17, 15) is 14.4 Å². The Bertz CT molecular complexity index is 700. The zero-order chi connectivity index (χ0) is 18.5. The van der Waals surface area contributed by atoms with Gasteiger partial charge in [0.25, 0.3) is 11.8 Å². The highest BCUT2D eigenvalue weighted by atomic mass is 16.5. The molecule has 8 nitrogen and oxygen atoms in total. The van der Waals surface area contributed by atoms with Crippen LogP contribution in [0.5, 0.6) is 5.75 Å². The van der Waals surface area contributed by atoms with Crippen molar-refractivity contribution in [1.29, 1.82) is 0 Å². The first-order chi connectivity index (χ1) is 12.6. The fourth-order valence-corrected chi connectivity index (χ4v) is 2.92. The van der Waals surface area contributed by atoms with Crippen molar-refractivity contribution in [3.63, 3.8) is 0 Å². The van der Waals surface area contributed by atoms with E-state index in [0.717, 1.165) is 12.8 Å². The number of hydrogen-bond acceptors (Lipinski definition) is 5. The average Bonchev–Trinajstić information content (AvgIpc) is 3.17. The first kappa shape index (κ1) is 18.2. The van der Waals surface area contributed by atoms with Crippen LogP contribution in [0.3, 0.4) is 0 Å². The molecule has 2 aliphatic heterocycles. The molecule has 1 aromatic carbocycles. The molecule has 3 rings (SSSR count). The third-order valence-electron chi connectivity index (χ3n) is 4.27. The Morgan fingerprint density at radius 2 is 2.19 bits per heavy atom. The highest BCUT2D eigenvalue weighted by Gasteiger charge is 2.28. The van der Waals surface area contributed by atoms with Gasteiger partial charge >= 0.3 is 0 Å². The van der Waals surface area contributed by atoms with Crippen molar-refractivity contribution in [1.82, 2.24) is 5.32 Å². The fraction of sp³-hybridized carbons (Fsp3) is 0.500. The molecule has 3 amide bonds. The van der Waals surface area contributed by atoms with Crippen LogP contribution in [-0.4, -0.2) is 50.1 Å². The second-order valence-corrected chi connectivity index (χ2v) is 6.29. The molecule has 1 unspecified atom stereocenters. The molecule has 0 saturated carbocycles. The zero-order valence-electron chi connectivity index (χ0n) is 14.7. The van der Waals surface area contributed by atoms with Crippen LogP contribution in [0.2, 0.25) is 0 Å². The average molecular weight is 361 g/mol. The predicted octanol–water partition coefficient (Wildman–Crippen LogP) is 1.06. The van der Waals surface area contributed by atoms with Crippen molar-refractivity contribution in [3.05, 3.63) is 18.2 Å². The van der Waals surface area contributed by atoms with Crippen LogP contribution in [0.4, 0.5) is 11.4 Å². The van der Waals surface area contributed by atoms with Crippen LogP contribution in [0.1, 0.15) is 26.2 Å². The maximum Gasteiger partial charge on any atom is 0.265 e. The van der Waals surface area contributed by atoms with Crippen molar-refractivity contribution in [3.8, 4) is 5.75 Å². The van der Waals surface area contributed by atoms with E-state index in [-0.39, 0.29) is 30.9 Å². The molecule has 2 N–H and O–H groups in total. The van der Waals surface area contributed by atoms with Crippen LogP contribution >= 0.6 is 0 Å². The van der Waals surface area contributed by atoms with Gasteiger partial charge in [0.15, 0.2) is 6.61 Å². The maximum atomic E-state index is 12.2. The largest absolute Gasteiger partial charge is 0.482 e. The highest BCUT2D eigenvalue weighted by molar-refractivity contribution is 6.03. The molecule has 2 heterocycles. The van der Waals surface area contributed by atoms with E-state index >= 15 is 0 Å². The quantitative estimate of drug-likeness (QED) is 0.790. The van der Waals surface area contributed by atoms with E-state index in [2.05, 4.69) is 10.6 Å². The van der Waals surface area contributed by atoms with Crippen molar-refractivity contribution >= 4 is 29.1 Å². The lowest BCUT2D eigenvalue weighted by Gasteiger charge is -2.29. The summed E-state index contributed by atoms with van der Waals surface area (Å²) >= 11 is 0. The first-order valence-electron chi connectivity index (χ1n) is 8.85. The molecular formula is C18H23N3O5. The minimum atomic E-state index is -0.445. The van der Waals surface area contributed by atoms with Gasteiger partial charge in [-0.05, 0) is 37.5 Å². The summed E-state index contributed by atoms with van der Waals surface area (Å²) in [6.07, 6.45) is 1.94. The Morgan fingerprint density at radius 3 is 2.92 bits per heavy atom. The molecule has 26 heavy (non-hydrogen) atoms. The second-order valence-electron chi connectivity index (χ2n) is 6.29. The van der Waals surface area contributed by atoms with Gasteiger partial charge in [-0.1, -0.05) is 6.92 Å².